The van der Waals surface area contributed by atoms with Gasteiger partial charge >= 0.3 is 0 Å². The molecule has 0 aliphatic carbocycles. The molecule has 6 nitrogen and oxygen atoms in total. The molecular formula is C20H21N3O3S2. The minimum atomic E-state index is -3.75. The van der Waals surface area contributed by atoms with E-state index in [4.69, 9.17) is 0 Å². The Bertz CT molecular complexity index is 1090. The second kappa shape index (κ2) is 8.12. The van der Waals surface area contributed by atoms with E-state index in [-0.39, 0.29) is 15.9 Å². The smallest absolute Gasteiger partial charge is 0.263 e. The number of hydrogen-bond donors (Lipinski definition) is 2. The largest absolute Gasteiger partial charge is 0.347 e. The van der Waals surface area contributed by atoms with Crippen LogP contribution >= 0.6 is 11.3 Å². The number of nitrogens with zero attached hydrogens (tertiary/aromatic N) is 1. The van der Waals surface area contributed by atoms with Crippen molar-refractivity contribution in [1.82, 2.24) is 10.3 Å². The molecule has 146 valence electrons. The summed E-state index contributed by atoms with van der Waals surface area (Å²) in [6, 6.07) is 14.4. The Morgan fingerprint density at radius 1 is 0.964 bits per heavy atom. The number of benzene rings is 2. The normalized spacial score (nSPS) is 11.2. The topological polar surface area (TPSA) is 88.2 Å². The Labute approximate surface area is 168 Å². The van der Waals surface area contributed by atoms with Gasteiger partial charge in [-0.2, -0.15) is 0 Å². The number of sulfonamides is 1. The van der Waals surface area contributed by atoms with E-state index >= 15 is 0 Å². The van der Waals surface area contributed by atoms with Crippen molar-refractivity contribution in [3.63, 3.8) is 0 Å². The van der Waals surface area contributed by atoms with Crippen molar-refractivity contribution >= 4 is 32.4 Å². The molecular weight excluding hydrogens is 394 g/mol. The third kappa shape index (κ3) is 4.76. The average Bonchev–Trinajstić information content (AvgIpc) is 3.01. The Kier molecular flexibility index (Phi) is 5.81. The van der Waals surface area contributed by atoms with Gasteiger partial charge in [0.15, 0.2) is 5.13 Å². The molecule has 1 amide bonds. The number of aromatic nitrogens is 1. The lowest BCUT2D eigenvalue weighted by molar-refractivity contribution is 0.0954. The lowest BCUT2D eigenvalue weighted by Crippen LogP contribution is -2.22. The summed E-state index contributed by atoms with van der Waals surface area (Å²) in [7, 11) is -3.75. The molecule has 2 N–H and O–H groups in total. The maximum Gasteiger partial charge on any atom is 0.263 e. The zero-order valence-corrected chi connectivity index (χ0v) is 17.4. The number of carbonyl (C=O) groups excluding carboxylic acids is 1. The highest BCUT2D eigenvalue weighted by Crippen LogP contribution is 2.25. The van der Waals surface area contributed by atoms with Crippen molar-refractivity contribution in [3.8, 4) is 0 Å². The summed E-state index contributed by atoms with van der Waals surface area (Å²) in [5.41, 5.74) is 3.59. The molecule has 2 aromatic carbocycles. The molecule has 0 aliphatic heterocycles. The first-order valence-corrected chi connectivity index (χ1v) is 11.0. The molecule has 0 spiro atoms. The van der Waals surface area contributed by atoms with Gasteiger partial charge in [0, 0.05) is 6.54 Å². The number of amides is 1. The molecule has 3 aromatic rings. The third-order valence-corrected chi connectivity index (χ3v) is 6.69. The van der Waals surface area contributed by atoms with Gasteiger partial charge in [-0.3, -0.25) is 9.52 Å². The second-order valence-corrected chi connectivity index (χ2v) is 9.20. The number of thiazole rings is 1. The summed E-state index contributed by atoms with van der Waals surface area (Å²) in [5, 5.41) is 3.01. The van der Waals surface area contributed by atoms with Crippen LogP contribution in [-0.4, -0.2) is 19.3 Å². The molecule has 0 saturated heterocycles. The average molecular weight is 416 g/mol. The highest BCUT2D eigenvalue weighted by atomic mass is 32.2. The predicted octanol–water partition coefficient (Wildman–Crippen LogP) is 3.80. The van der Waals surface area contributed by atoms with Crippen LogP contribution in [0.15, 0.2) is 53.4 Å². The fraction of sp³-hybridized carbons (Fsp3) is 0.200. The van der Waals surface area contributed by atoms with Gasteiger partial charge in [-0.05, 0) is 38.5 Å². The number of aryl methyl sites for hydroxylation is 3. The van der Waals surface area contributed by atoms with Crippen LogP contribution in [0.2, 0.25) is 0 Å². The van der Waals surface area contributed by atoms with Crippen LogP contribution < -0.4 is 10.0 Å². The number of nitrogens with one attached hydrogen (secondary N) is 2. The van der Waals surface area contributed by atoms with Gasteiger partial charge in [0.05, 0.1) is 10.6 Å². The highest BCUT2D eigenvalue weighted by Gasteiger charge is 2.20. The molecule has 3 rings (SSSR count). The van der Waals surface area contributed by atoms with Gasteiger partial charge in [-0.25, -0.2) is 13.4 Å². The summed E-state index contributed by atoms with van der Waals surface area (Å²) in [6.45, 7) is 5.96. The molecule has 28 heavy (non-hydrogen) atoms. The molecule has 8 heteroatoms. The number of hydrogen-bond acceptors (Lipinski definition) is 5. The van der Waals surface area contributed by atoms with Crippen LogP contribution in [0.4, 0.5) is 5.13 Å². The van der Waals surface area contributed by atoms with Crippen LogP contribution in [-0.2, 0) is 16.6 Å². The van der Waals surface area contributed by atoms with Crippen LogP contribution in [0, 0.1) is 20.8 Å². The van der Waals surface area contributed by atoms with Gasteiger partial charge in [0.1, 0.15) is 4.88 Å². The maximum absolute atomic E-state index is 12.5. The molecule has 1 heterocycles. The van der Waals surface area contributed by atoms with Gasteiger partial charge < -0.3 is 5.32 Å². The van der Waals surface area contributed by atoms with Crippen LogP contribution in [0.1, 0.15) is 32.1 Å². The monoisotopic (exact) mass is 415 g/mol. The first-order valence-electron chi connectivity index (χ1n) is 8.65. The summed E-state index contributed by atoms with van der Waals surface area (Å²) >= 11 is 1.02. The molecule has 0 bridgehead atoms. The Morgan fingerprint density at radius 2 is 1.54 bits per heavy atom. The standard InChI is InChI=1S/C20H21N3O3S2/c1-13-4-8-16(9-5-13)12-21-19(24)18-15(3)22-20(27-18)23-28(25,26)17-10-6-14(2)7-11-17/h4-11H,12H2,1-3H3,(H,21,24)(H,22,23). The predicted molar refractivity (Wildman–Crippen MR) is 111 cm³/mol. The van der Waals surface area contributed by atoms with E-state index in [1.807, 2.05) is 38.1 Å². The Morgan fingerprint density at radius 3 is 2.14 bits per heavy atom. The molecule has 0 fully saturated rings. The highest BCUT2D eigenvalue weighted by molar-refractivity contribution is 7.93. The van der Waals surface area contributed by atoms with Crippen molar-refractivity contribution in [2.24, 2.45) is 0 Å². The third-order valence-electron chi connectivity index (χ3n) is 4.13. The van der Waals surface area contributed by atoms with E-state index < -0.39 is 10.0 Å². The zero-order valence-electron chi connectivity index (χ0n) is 15.8. The zero-order chi connectivity index (χ0) is 20.3. The van der Waals surface area contributed by atoms with Crippen LogP contribution in [0.25, 0.3) is 0 Å². The lowest BCUT2D eigenvalue weighted by atomic mass is 10.1. The quantitative estimate of drug-likeness (QED) is 0.641. The summed E-state index contributed by atoms with van der Waals surface area (Å²) < 4.78 is 27.4. The second-order valence-electron chi connectivity index (χ2n) is 6.52. The SMILES string of the molecule is Cc1ccc(CNC(=O)c2sc(NS(=O)(=O)c3ccc(C)cc3)nc2C)cc1. The van der Waals surface area contributed by atoms with Crippen molar-refractivity contribution in [2.75, 3.05) is 4.72 Å². The van der Waals surface area contributed by atoms with Crippen molar-refractivity contribution in [1.29, 1.82) is 0 Å². The first kappa shape index (κ1) is 20.0. The molecule has 0 aliphatic rings. The van der Waals surface area contributed by atoms with Gasteiger partial charge in [-0.1, -0.05) is 58.9 Å². The Hall–Kier alpha value is -2.71. The summed E-state index contributed by atoms with van der Waals surface area (Å²) in [5.74, 6) is -0.281. The fourth-order valence-corrected chi connectivity index (χ4v) is 4.63. The minimum absolute atomic E-state index is 0.149. The van der Waals surface area contributed by atoms with Crippen LogP contribution in [0.3, 0.4) is 0 Å². The van der Waals surface area contributed by atoms with E-state index in [0.29, 0.717) is 17.1 Å². The first-order chi connectivity index (χ1) is 13.2. The van der Waals surface area contributed by atoms with Gasteiger partial charge in [0.2, 0.25) is 0 Å². The molecule has 0 unspecified atom stereocenters. The Balaban J connectivity index is 1.70. The molecule has 0 radical (unpaired) electrons. The number of anilines is 1. The van der Waals surface area contributed by atoms with E-state index in [1.165, 1.54) is 12.1 Å². The summed E-state index contributed by atoms with van der Waals surface area (Å²) in [6.07, 6.45) is 0. The fourth-order valence-electron chi connectivity index (χ4n) is 2.51. The maximum atomic E-state index is 12.5. The van der Waals surface area contributed by atoms with Gasteiger partial charge in [0.25, 0.3) is 15.9 Å². The molecule has 1 aromatic heterocycles. The van der Waals surface area contributed by atoms with Crippen molar-refractivity contribution in [3.05, 3.63) is 75.8 Å². The minimum Gasteiger partial charge on any atom is -0.347 e. The van der Waals surface area contributed by atoms with E-state index in [1.54, 1.807) is 19.1 Å². The molecule has 0 saturated carbocycles. The lowest BCUT2D eigenvalue weighted by Gasteiger charge is -2.05. The molecule has 0 atom stereocenters. The van der Waals surface area contributed by atoms with Crippen molar-refractivity contribution in [2.45, 2.75) is 32.2 Å². The van der Waals surface area contributed by atoms with Crippen LogP contribution in [0.5, 0.6) is 0 Å². The number of carbonyl (C=O) groups is 1. The van der Waals surface area contributed by atoms with E-state index in [9.17, 15) is 13.2 Å². The van der Waals surface area contributed by atoms with E-state index in [0.717, 1.165) is 28.0 Å². The number of rotatable bonds is 6. The van der Waals surface area contributed by atoms with Gasteiger partial charge in [-0.15, -0.1) is 0 Å². The van der Waals surface area contributed by atoms with Crippen molar-refractivity contribution < 1.29 is 13.2 Å². The van der Waals surface area contributed by atoms with E-state index in [2.05, 4.69) is 15.0 Å². The summed E-state index contributed by atoms with van der Waals surface area (Å²) in [4.78, 5) is 17.2.